The van der Waals surface area contributed by atoms with E-state index >= 15 is 0 Å². The summed E-state index contributed by atoms with van der Waals surface area (Å²) >= 11 is 1.84. The van der Waals surface area contributed by atoms with Crippen molar-refractivity contribution >= 4 is 22.4 Å². The van der Waals surface area contributed by atoms with Crippen LogP contribution in [0.25, 0.3) is 0 Å². The quantitative estimate of drug-likeness (QED) is 0.829. The Morgan fingerprint density at radius 2 is 2.11 bits per heavy atom. The fraction of sp³-hybridized carbons (Fsp3) is 0.550. The summed E-state index contributed by atoms with van der Waals surface area (Å²) in [6, 6.07) is 3.60. The van der Waals surface area contributed by atoms with Crippen LogP contribution in [0.2, 0.25) is 0 Å². The van der Waals surface area contributed by atoms with Crippen LogP contribution in [-0.4, -0.2) is 53.5 Å². The molecular formula is C20H27N5OS. The molecule has 7 heteroatoms. The van der Waals surface area contributed by atoms with Gasteiger partial charge in [0.2, 0.25) is 0 Å². The van der Waals surface area contributed by atoms with E-state index in [1.165, 1.54) is 35.7 Å². The molecule has 4 heterocycles. The summed E-state index contributed by atoms with van der Waals surface area (Å²) in [5, 5.41) is 4.25. The monoisotopic (exact) mass is 385 g/mol. The van der Waals surface area contributed by atoms with Crippen LogP contribution in [-0.2, 0) is 6.54 Å². The first-order chi connectivity index (χ1) is 13.3. The van der Waals surface area contributed by atoms with Crippen LogP contribution in [0.1, 0.15) is 40.9 Å². The maximum absolute atomic E-state index is 12.2. The van der Waals surface area contributed by atoms with Gasteiger partial charge in [0.15, 0.2) is 5.13 Å². The lowest BCUT2D eigenvalue weighted by Gasteiger charge is -2.32. The van der Waals surface area contributed by atoms with Crippen molar-refractivity contribution in [2.24, 2.45) is 5.92 Å². The molecule has 2 aliphatic heterocycles. The van der Waals surface area contributed by atoms with E-state index in [-0.39, 0.29) is 5.91 Å². The summed E-state index contributed by atoms with van der Waals surface area (Å²) in [6.07, 6.45) is 10.3. The molecule has 1 N–H and O–H groups in total. The number of nitrogens with one attached hydrogen (secondary N) is 1. The number of pyridine rings is 1. The van der Waals surface area contributed by atoms with Crippen molar-refractivity contribution in [1.82, 2.24) is 20.2 Å². The van der Waals surface area contributed by atoms with Crippen molar-refractivity contribution in [1.29, 1.82) is 0 Å². The molecule has 2 aromatic heterocycles. The highest BCUT2D eigenvalue weighted by Gasteiger charge is 2.22. The second kappa shape index (κ2) is 8.80. The number of hydrogen-bond donors (Lipinski definition) is 1. The van der Waals surface area contributed by atoms with Crippen LogP contribution in [0.15, 0.2) is 30.7 Å². The van der Waals surface area contributed by atoms with Gasteiger partial charge in [-0.05, 0) is 50.3 Å². The topological polar surface area (TPSA) is 61.4 Å². The fourth-order valence-corrected chi connectivity index (χ4v) is 4.95. The summed E-state index contributed by atoms with van der Waals surface area (Å²) in [5.74, 6) is 0.475. The standard InChI is InChI=1S/C20H27N5OS/c26-19(17-6-3-7-21-12-17)22-11-16-5-4-8-24(14-16)15-18-13-23-20(27-18)25-9-1-2-10-25/h3,6-7,12-13,16H,1-2,4-5,8-11,14-15H2,(H,22,26). The molecule has 4 rings (SSSR count). The molecule has 6 nitrogen and oxygen atoms in total. The van der Waals surface area contributed by atoms with Gasteiger partial charge in [-0.25, -0.2) is 4.98 Å². The largest absolute Gasteiger partial charge is 0.352 e. The smallest absolute Gasteiger partial charge is 0.252 e. The number of likely N-dealkylation sites (tertiary alicyclic amines) is 1. The Balaban J connectivity index is 1.26. The summed E-state index contributed by atoms with van der Waals surface area (Å²) in [6.45, 7) is 6.16. The number of carbonyl (C=O) groups excluding carboxylic acids is 1. The molecular weight excluding hydrogens is 358 g/mol. The lowest BCUT2D eigenvalue weighted by Crippen LogP contribution is -2.40. The number of piperidine rings is 1. The van der Waals surface area contributed by atoms with E-state index in [0.717, 1.165) is 39.3 Å². The first-order valence-electron chi connectivity index (χ1n) is 9.88. The Bertz CT molecular complexity index is 744. The molecule has 2 aromatic rings. The molecule has 1 unspecified atom stereocenters. The van der Waals surface area contributed by atoms with E-state index in [2.05, 4.69) is 25.1 Å². The molecule has 0 saturated carbocycles. The number of hydrogen-bond acceptors (Lipinski definition) is 6. The van der Waals surface area contributed by atoms with Crippen molar-refractivity contribution in [3.8, 4) is 0 Å². The van der Waals surface area contributed by atoms with Crippen LogP contribution in [0.4, 0.5) is 5.13 Å². The van der Waals surface area contributed by atoms with E-state index in [1.807, 2.05) is 17.5 Å². The second-order valence-electron chi connectivity index (χ2n) is 7.50. The molecule has 0 spiro atoms. The summed E-state index contributed by atoms with van der Waals surface area (Å²) in [5.41, 5.74) is 0.629. The van der Waals surface area contributed by atoms with Crippen LogP contribution >= 0.6 is 11.3 Å². The maximum Gasteiger partial charge on any atom is 0.252 e. The van der Waals surface area contributed by atoms with Gasteiger partial charge in [0, 0.05) is 56.2 Å². The molecule has 2 saturated heterocycles. The molecule has 2 fully saturated rings. The minimum Gasteiger partial charge on any atom is -0.352 e. The molecule has 1 atom stereocenters. The fourth-order valence-electron chi connectivity index (χ4n) is 3.94. The van der Waals surface area contributed by atoms with E-state index in [4.69, 9.17) is 0 Å². The van der Waals surface area contributed by atoms with E-state index in [1.54, 1.807) is 24.5 Å². The van der Waals surface area contributed by atoms with Gasteiger partial charge < -0.3 is 10.2 Å². The number of aromatic nitrogens is 2. The summed E-state index contributed by atoms with van der Waals surface area (Å²) < 4.78 is 0. The summed E-state index contributed by atoms with van der Waals surface area (Å²) in [7, 11) is 0. The Hall–Kier alpha value is -1.99. The molecule has 144 valence electrons. The number of rotatable bonds is 6. The number of thiazole rings is 1. The third-order valence-electron chi connectivity index (χ3n) is 5.38. The normalized spacial score (nSPS) is 20.7. The molecule has 0 aliphatic carbocycles. The van der Waals surface area contributed by atoms with Crippen LogP contribution in [0.5, 0.6) is 0 Å². The molecule has 0 radical (unpaired) electrons. The van der Waals surface area contributed by atoms with Gasteiger partial charge >= 0.3 is 0 Å². The highest BCUT2D eigenvalue weighted by Crippen LogP contribution is 2.27. The second-order valence-corrected chi connectivity index (χ2v) is 8.59. The van der Waals surface area contributed by atoms with Gasteiger partial charge in [-0.15, -0.1) is 11.3 Å². The number of nitrogens with zero attached hydrogens (tertiary/aromatic N) is 4. The average molecular weight is 386 g/mol. The predicted molar refractivity (Wildman–Crippen MR) is 108 cm³/mol. The molecule has 0 aromatic carbocycles. The third-order valence-corrected chi connectivity index (χ3v) is 6.42. The van der Waals surface area contributed by atoms with E-state index < -0.39 is 0 Å². The first-order valence-corrected chi connectivity index (χ1v) is 10.7. The SMILES string of the molecule is O=C(NCC1CCCN(Cc2cnc(N3CCCC3)s2)C1)c1cccnc1. The number of carbonyl (C=O) groups is 1. The van der Waals surface area contributed by atoms with Crippen molar-refractivity contribution in [2.45, 2.75) is 32.2 Å². The van der Waals surface area contributed by atoms with E-state index in [9.17, 15) is 4.79 Å². The Kier molecular flexibility index (Phi) is 5.99. The zero-order valence-corrected chi connectivity index (χ0v) is 16.5. The van der Waals surface area contributed by atoms with Gasteiger partial charge in [-0.3, -0.25) is 14.7 Å². The number of amides is 1. The first kappa shape index (κ1) is 18.4. The molecule has 1 amide bonds. The van der Waals surface area contributed by atoms with Crippen LogP contribution < -0.4 is 10.2 Å². The van der Waals surface area contributed by atoms with Crippen LogP contribution in [0, 0.1) is 5.92 Å². The lowest BCUT2D eigenvalue weighted by molar-refractivity contribution is 0.0930. The van der Waals surface area contributed by atoms with Gasteiger partial charge in [-0.1, -0.05) is 0 Å². The highest BCUT2D eigenvalue weighted by atomic mass is 32.1. The third kappa shape index (κ3) is 4.84. The zero-order valence-electron chi connectivity index (χ0n) is 15.6. The summed E-state index contributed by atoms with van der Waals surface area (Å²) in [4.78, 5) is 27.1. The van der Waals surface area contributed by atoms with Gasteiger partial charge in [0.25, 0.3) is 5.91 Å². The lowest BCUT2D eigenvalue weighted by atomic mass is 9.98. The highest BCUT2D eigenvalue weighted by molar-refractivity contribution is 7.15. The molecule has 0 bridgehead atoms. The van der Waals surface area contributed by atoms with Crippen LogP contribution in [0.3, 0.4) is 0 Å². The Morgan fingerprint density at radius 3 is 2.93 bits per heavy atom. The van der Waals surface area contributed by atoms with Crippen molar-refractivity contribution in [3.63, 3.8) is 0 Å². The van der Waals surface area contributed by atoms with Gasteiger partial charge in [-0.2, -0.15) is 0 Å². The van der Waals surface area contributed by atoms with Crippen molar-refractivity contribution < 1.29 is 4.79 Å². The van der Waals surface area contributed by atoms with E-state index in [0.29, 0.717) is 11.5 Å². The maximum atomic E-state index is 12.2. The Labute approximate surface area is 164 Å². The zero-order chi connectivity index (χ0) is 18.5. The average Bonchev–Trinajstić information content (AvgIpc) is 3.39. The van der Waals surface area contributed by atoms with Crippen molar-refractivity contribution in [3.05, 3.63) is 41.2 Å². The molecule has 2 aliphatic rings. The minimum absolute atomic E-state index is 0.0297. The number of anilines is 1. The minimum atomic E-state index is -0.0297. The Morgan fingerprint density at radius 1 is 1.22 bits per heavy atom. The van der Waals surface area contributed by atoms with Crippen molar-refractivity contribution in [2.75, 3.05) is 37.6 Å². The van der Waals surface area contributed by atoms with Gasteiger partial charge in [0.1, 0.15) is 0 Å². The van der Waals surface area contributed by atoms with Gasteiger partial charge in [0.05, 0.1) is 5.56 Å². The predicted octanol–water partition coefficient (Wildman–Crippen LogP) is 2.78. The molecule has 27 heavy (non-hydrogen) atoms.